The van der Waals surface area contributed by atoms with Crippen molar-refractivity contribution in [2.45, 2.75) is 46.4 Å². The molecule has 0 bridgehead atoms. The first-order chi connectivity index (χ1) is 11.0. The highest BCUT2D eigenvalue weighted by Gasteiger charge is 2.12. The number of amides is 1. The van der Waals surface area contributed by atoms with Gasteiger partial charge in [-0.1, -0.05) is 19.1 Å². The summed E-state index contributed by atoms with van der Waals surface area (Å²) in [7, 11) is 0. The molecule has 0 radical (unpaired) electrons. The van der Waals surface area contributed by atoms with E-state index in [-0.39, 0.29) is 24.4 Å². The van der Waals surface area contributed by atoms with Gasteiger partial charge in [-0.3, -0.25) is 4.79 Å². The predicted octanol–water partition coefficient (Wildman–Crippen LogP) is 3.44. The Kier molecular flexibility index (Phi) is 8.18. The van der Waals surface area contributed by atoms with E-state index in [0.29, 0.717) is 18.8 Å². The van der Waals surface area contributed by atoms with Crippen LogP contribution in [-0.4, -0.2) is 17.0 Å². The van der Waals surface area contributed by atoms with Crippen molar-refractivity contribution in [3.05, 3.63) is 45.4 Å². The molecular weight excluding hydrogens is 346 g/mol. The van der Waals surface area contributed by atoms with E-state index < -0.39 is 0 Å². The van der Waals surface area contributed by atoms with Crippen LogP contribution in [0.1, 0.15) is 46.9 Å². The Labute approximate surface area is 153 Å². The van der Waals surface area contributed by atoms with Crippen molar-refractivity contribution in [2.24, 2.45) is 5.73 Å². The summed E-state index contributed by atoms with van der Waals surface area (Å²) in [5.41, 5.74) is 8.02. The number of benzene rings is 1. The van der Waals surface area contributed by atoms with Crippen molar-refractivity contribution in [1.82, 2.24) is 10.3 Å². The number of aromatic nitrogens is 1. The van der Waals surface area contributed by atoms with Gasteiger partial charge in [0, 0.05) is 24.0 Å². The molecule has 1 heterocycles. The highest BCUT2D eigenvalue weighted by atomic mass is 35.5. The molecule has 0 saturated carbocycles. The topological polar surface area (TPSA) is 77.2 Å². The fraction of sp³-hybridized carbons (Fsp3) is 0.412. The van der Waals surface area contributed by atoms with Crippen molar-refractivity contribution in [1.29, 1.82) is 0 Å². The Balaban J connectivity index is 0.00000288. The van der Waals surface area contributed by atoms with Crippen LogP contribution >= 0.6 is 23.7 Å². The van der Waals surface area contributed by atoms with E-state index in [9.17, 15) is 4.79 Å². The SMILES string of the molecule is CCC(C)Oc1cc(C)ccc1CNC(=O)c1csc(CN)n1.Cl. The Morgan fingerprint density at radius 2 is 2.21 bits per heavy atom. The lowest BCUT2D eigenvalue weighted by molar-refractivity contribution is 0.0946. The van der Waals surface area contributed by atoms with Crippen LogP contribution in [-0.2, 0) is 13.1 Å². The second-order valence-electron chi connectivity index (χ2n) is 5.46. The largest absolute Gasteiger partial charge is 0.490 e. The Hall–Kier alpha value is -1.63. The third-order valence-electron chi connectivity index (χ3n) is 3.52. The number of hydrogen-bond acceptors (Lipinski definition) is 5. The van der Waals surface area contributed by atoms with Crippen LogP contribution in [0.2, 0.25) is 0 Å². The Bertz CT molecular complexity index is 676. The molecule has 1 atom stereocenters. The summed E-state index contributed by atoms with van der Waals surface area (Å²) >= 11 is 1.39. The van der Waals surface area contributed by atoms with Gasteiger partial charge in [-0.2, -0.15) is 0 Å². The van der Waals surface area contributed by atoms with Gasteiger partial charge in [-0.05, 0) is 31.9 Å². The van der Waals surface area contributed by atoms with Crippen LogP contribution in [0.5, 0.6) is 5.75 Å². The number of ether oxygens (including phenoxy) is 1. The lowest BCUT2D eigenvalue weighted by atomic mass is 10.1. The maximum absolute atomic E-state index is 12.2. The van der Waals surface area contributed by atoms with Gasteiger partial charge < -0.3 is 15.8 Å². The zero-order chi connectivity index (χ0) is 16.8. The molecule has 0 spiro atoms. The van der Waals surface area contributed by atoms with Gasteiger partial charge in [0.05, 0.1) is 6.10 Å². The molecule has 2 aromatic rings. The number of rotatable bonds is 7. The summed E-state index contributed by atoms with van der Waals surface area (Å²) in [6.07, 6.45) is 1.07. The van der Waals surface area contributed by atoms with E-state index in [1.165, 1.54) is 11.3 Å². The average molecular weight is 370 g/mol. The Morgan fingerprint density at radius 1 is 1.46 bits per heavy atom. The normalized spacial score (nSPS) is 11.5. The monoisotopic (exact) mass is 369 g/mol. The number of hydrogen-bond donors (Lipinski definition) is 2. The number of carbonyl (C=O) groups is 1. The molecular formula is C17H24ClN3O2S. The standard InChI is InChI=1S/C17H23N3O2S.ClH/c1-4-12(3)22-15-7-11(2)5-6-13(15)9-19-17(21)14-10-23-16(8-18)20-14;/h5-7,10,12H,4,8-9,18H2,1-3H3,(H,19,21);1H. The third-order valence-corrected chi connectivity index (χ3v) is 4.40. The van der Waals surface area contributed by atoms with Crippen LogP contribution in [0.4, 0.5) is 0 Å². The lowest BCUT2D eigenvalue weighted by Crippen LogP contribution is -2.24. The fourth-order valence-corrected chi connectivity index (χ4v) is 2.65. The molecule has 1 aromatic carbocycles. The number of aryl methyl sites for hydroxylation is 1. The molecule has 3 N–H and O–H groups in total. The highest BCUT2D eigenvalue weighted by Crippen LogP contribution is 2.22. The van der Waals surface area contributed by atoms with E-state index in [0.717, 1.165) is 28.3 Å². The van der Waals surface area contributed by atoms with Gasteiger partial charge in [0.25, 0.3) is 5.91 Å². The molecule has 1 unspecified atom stereocenters. The van der Waals surface area contributed by atoms with Gasteiger partial charge in [-0.15, -0.1) is 23.7 Å². The smallest absolute Gasteiger partial charge is 0.271 e. The number of thiazole rings is 1. The number of nitrogens with two attached hydrogens (primary N) is 1. The summed E-state index contributed by atoms with van der Waals surface area (Å²) < 4.78 is 5.95. The van der Waals surface area contributed by atoms with Gasteiger partial charge in [0.1, 0.15) is 16.5 Å². The summed E-state index contributed by atoms with van der Waals surface area (Å²) in [6.45, 7) is 6.89. The first kappa shape index (κ1) is 20.4. The van der Waals surface area contributed by atoms with Crippen LogP contribution in [0, 0.1) is 6.92 Å². The number of carbonyl (C=O) groups excluding carboxylic acids is 1. The lowest BCUT2D eigenvalue weighted by Gasteiger charge is -2.17. The molecule has 0 aliphatic carbocycles. The summed E-state index contributed by atoms with van der Waals surface area (Å²) in [5.74, 6) is 0.622. The first-order valence-corrected chi connectivity index (χ1v) is 8.60. The van der Waals surface area contributed by atoms with Crippen LogP contribution in [0.15, 0.2) is 23.6 Å². The van der Waals surface area contributed by atoms with Crippen molar-refractivity contribution in [2.75, 3.05) is 0 Å². The highest BCUT2D eigenvalue weighted by molar-refractivity contribution is 7.09. The third kappa shape index (κ3) is 5.47. The predicted molar refractivity (Wildman–Crippen MR) is 100.0 cm³/mol. The van der Waals surface area contributed by atoms with Gasteiger partial charge >= 0.3 is 0 Å². The minimum Gasteiger partial charge on any atom is -0.490 e. The maximum atomic E-state index is 12.2. The van der Waals surface area contributed by atoms with E-state index in [2.05, 4.69) is 17.2 Å². The summed E-state index contributed by atoms with van der Waals surface area (Å²) in [4.78, 5) is 16.3. The van der Waals surface area contributed by atoms with E-state index >= 15 is 0 Å². The summed E-state index contributed by atoms with van der Waals surface area (Å²) in [6, 6.07) is 6.00. The fourth-order valence-electron chi connectivity index (χ4n) is 1.99. The van der Waals surface area contributed by atoms with Gasteiger partial charge in [0.2, 0.25) is 0 Å². The number of nitrogens with one attached hydrogen (secondary N) is 1. The van der Waals surface area contributed by atoms with E-state index in [4.69, 9.17) is 10.5 Å². The van der Waals surface area contributed by atoms with E-state index in [1.807, 2.05) is 32.0 Å². The molecule has 1 amide bonds. The van der Waals surface area contributed by atoms with Crippen molar-refractivity contribution in [3.8, 4) is 5.75 Å². The maximum Gasteiger partial charge on any atom is 0.271 e. The molecule has 0 aliphatic heterocycles. The molecule has 1 aromatic heterocycles. The molecule has 2 rings (SSSR count). The quantitative estimate of drug-likeness (QED) is 0.783. The van der Waals surface area contributed by atoms with Crippen LogP contribution < -0.4 is 15.8 Å². The minimum atomic E-state index is -0.198. The van der Waals surface area contributed by atoms with Crippen LogP contribution in [0.3, 0.4) is 0 Å². The molecule has 0 aliphatic rings. The molecule has 0 saturated heterocycles. The van der Waals surface area contributed by atoms with Crippen molar-refractivity contribution >= 4 is 29.7 Å². The molecule has 0 fully saturated rings. The van der Waals surface area contributed by atoms with E-state index in [1.54, 1.807) is 5.38 Å². The number of halogens is 1. The van der Waals surface area contributed by atoms with Crippen LogP contribution in [0.25, 0.3) is 0 Å². The molecule has 24 heavy (non-hydrogen) atoms. The average Bonchev–Trinajstić information content (AvgIpc) is 3.03. The van der Waals surface area contributed by atoms with Gasteiger partial charge in [-0.25, -0.2) is 4.98 Å². The number of nitrogens with zero attached hydrogens (tertiary/aromatic N) is 1. The Morgan fingerprint density at radius 3 is 2.83 bits per heavy atom. The minimum absolute atomic E-state index is 0. The van der Waals surface area contributed by atoms with Crippen molar-refractivity contribution in [3.63, 3.8) is 0 Å². The van der Waals surface area contributed by atoms with Gasteiger partial charge in [0.15, 0.2) is 0 Å². The zero-order valence-corrected chi connectivity index (χ0v) is 15.8. The summed E-state index contributed by atoms with van der Waals surface area (Å²) in [5, 5.41) is 5.37. The molecule has 7 heteroatoms. The molecule has 5 nitrogen and oxygen atoms in total. The first-order valence-electron chi connectivity index (χ1n) is 7.72. The van der Waals surface area contributed by atoms with Crippen molar-refractivity contribution < 1.29 is 9.53 Å². The molecule has 132 valence electrons. The second-order valence-corrected chi connectivity index (χ2v) is 6.40. The second kappa shape index (κ2) is 9.61. The zero-order valence-electron chi connectivity index (χ0n) is 14.2.